The summed E-state index contributed by atoms with van der Waals surface area (Å²) in [6, 6.07) is 7.99. The van der Waals surface area contributed by atoms with Gasteiger partial charge >= 0.3 is 0 Å². The van der Waals surface area contributed by atoms with E-state index < -0.39 is 0 Å². The predicted octanol–water partition coefficient (Wildman–Crippen LogP) is 2.24. The smallest absolute Gasteiger partial charge is 0.238 e. The fraction of sp³-hybridized carbons (Fsp3) is 0.471. The molecule has 1 heterocycles. The molecule has 21 heavy (non-hydrogen) atoms. The van der Waals surface area contributed by atoms with Crippen LogP contribution in [0.25, 0.3) is 0 Å². The molecule has 1 amide bonds. The first-order chi connectivity index (χ1) is 10.0. The van der Waals surface area contributed by atoms with Crippen molar-refractivity contribution in [2.45, 2.75) is 31.1 Å². The fourth-order valence-corrected chi connectivity index (χ4v) is 3.90. The molecular formula is C17H22N2OS. The van der Waals surface area contributed by atoms with Gasteiger partial charge in [-0.3, -0.25) is 4.79 Å². The van der Waals surface area contributed by atoms with Crippen molar-refractivity contribution in [1.29, 1.82) is 0 Å². The van der Waals surface area contributed by atoms with Gasteiger partial charge in [0.1, 0.15) is 0 Å². The molecule has 3 nitrogen and oxygen atoms in total. The maximum Gasteiger partial charge on any atom is 0.238 e. The molecule has 112 valence electrons. The number of rotatable bonds is 3. The molecule has 0 bridgehead atoms. The summed E-state index contributed by atoms with van der Waals surface area (Å²) in [5.41, 5.74) is 7.43. The van der Waals surface area contributed by atoms with E-state index in [0.717, 1.165) is 29.7 Å². The Bertz CT molecular complexity index is 568. The molecule has 0 saturated carbocycles. The van der Waals surface area contributed by atoms with Gasteiger partial charge in [0.05, 0.1) is 11.3 Å². The van der Waals surface area contributed by atoms with Crippen molar-refractivity contribution in [2.75, 3.05) is 19.3 Å². The van der Waals surface area contributed by atoms with E-state index >= 15 is 0 Å². The van der Waals surface area contributed by atoms with Gasteiger partial charge in [-0.15, -0.1) is 11.8 Å². The van der Waals surface area contributed by atoms with Crippen LogP contribution in [0.5, 0.6) is 0 Å². The van der Waals surface area contributed by atoms with E-state index in [0.29, 0.717) is 13.1 Å². The van der Waals surface area contributed by atoms with Gasteiger partial charge in [0.2, 0.25) is 5.91 Å². The van der Waals surface area contributed by atoms with Crippen LogP contribution in [0, 0.1) is 11.8 Å². The Kier molecular flexibility index (Phi) is 5.33. The van der Waals surface area contributed by atoms with Crippen molar-refractivity contribution < 1.29 is 4.79 Å². The largest absolute Gasteiger partial charge is 0.340 e. The van der Waals surface area contributed by atoms with Gasteiger partial charge in [-0.25, -0.2) is 0 Å². The Labute approximate surface area is 131 Å². The zero-order valence-corrected chi connectivity index (χ0v) is 13.5. The van der Waals surface area contributed by atoms with Gasteiger partial charge in [0.25, 0.3) is 0 Å². The van der Waals surface area contributed by atoms with Gasteiger partial charge in [0, 0.05) is 19.2 Å². The summed E-state index contributed by atoms with van der Waals surface area (Å²) in [5.74, 6) is 7.19. The molecule has 0 aromatic heterocycles. The number of nitrogens with two attached hydrogens (primary N) is 1. The molecule has 2 rings (SSSR count). The molecule has 4 heteroatoms. The molecule has 0 radical (unpaired) electrons. The summed E-state index contributed by atoms with van der Waals surface area (Å²) in [4.78, 5) is 14.4. The lowest BCUT2D eigenvalue weighted by molar-refractivity contribution is -0.132. The average Bonchev–Trinajstić information content (AvgIpc) is 2.92. The Morgan fingerprint density at radius 3 is 3.00 bits per heavy atom. The summed E-state index contributed by atoms with van der Waals surface area (Å²) in [7, 11) is 1.88. The standard InChI is InChI=1S/C17H22N2OS/c1-17(9-5-11-21-17)16(20)19(2)13-15-7-3-6-14(12-15)8-4-10-18/h3,6-7,12H,5,9-11,13,18H2,1-2H3. The zero-order chi connectivity index (χ0) is 15.3. The average molecular weight is 302 g/mol. The molecule has 1 aromatic carbocycles. The molecule has 1 atom stereocenters. The predicted molar refractivity (Wildman–Crippen MR) is 88.9 cm³/mol. The van der Waals surface area contributed by atoms with Crippen LogP contribution in [-0.4, -0.2) is 34.9 Å². The fourth-order valence-electron chi connectivity index (χ4n) is 2.60. The van der Waals surface area contributed by atoms with Crippen molar-refractivity contribution in [1.82, 2.24) is 4.90 Å². The Morgan fingerprint density at radius 1 is 1.52 bits per heavy atom. The minimum Gasteiger partial charge on any atom is -0.340 e. The van der Waals surface area contributed by atoms with E-state index in [1.165, 1.54) is 0 Å². The van der Waals surface area contributed by atoms with Crippen LogP contribution in [0.3, 0.4) is 0 Å². The molecule has 1 aromatic rings. The second-order valence-corrected chi connectivity index (χ2v) is 7.15. The van der Waals surface area contributed by atoms with Gasteiger partial charge in [-0.05, 0) is 43.2 Å². The topological polar surface area (TPSA) is 46.3 Å². The van der Waals surface area contributed by atoms with E-state index in [-0.39, 0.29) is 10.7 Å². The SMILES string of the molecule is CN(Cc1cccc(C#CCN)c1)C(=O)C1(C)CCCS1. The number of amides is 1. The third-order valence-electron chi connectivity index (χ3n) is 3.70. The molecule has 1 aliphatic heterocycles. The lowest BCUT2D eigenvalue weighted by Gasteiger charge is -2.28. The van der Waals surface area contributed by atoms with Crippen molar-refractivity contribution in [3.63, 3.8) is 0 Å². The first-order valence-electron chi connectivity index (χ1n) is 7.22. The van der Waals surface area contributed by atoms with E-state index in [2.05, 4.69) is 18.8 Å². The molecule has 2 N–H and O–H groups in total. The minimum atomic E-state index is -0.244. The summed E-state index contributed by atoms with van der Waals surface area (Å²) in [6.07, 6.45) is 2.10. The number of hydrogen-bond donors (Lipinski definition) is 1. The van der Waals surface area contributed by atoms with Crippen LogP contribution >= 0.6 is 11.8 Å². The maximum absolute atomic E-state index is 12.6. The van der Waals surface area contributed by atoms with Crippen LogP contribution in [-0.2, 0) is 11.3 Å². The van der Waals surface area contributed by atoms with E-state index in [1.807, 2.05) is 36.2 Å². The highest BCUT2D eigenvalue weighted by atomic mass is 32.2. The minimum absolute atomic E-state index is 0.225. The van der Waals surface area contributed by atoms with Gasteiger partial charge in [0.15, 0.2) is 0 Å². The van der Waals surface area contributed by atoms with E-state index in [4.69, 9.17) is 5.73 Å². The summed E-state index contributed by atoms with van der Waals surface area (Å²) in [5, 5.41) is 0. The highest BCUT2D eigenvalue weighted by Gasteiger charge is 2.38. The quantitative estimate of drug-likeness (QED) is 0.871. The van der Waals surface area contributed by atoms with Crippen molar-refractivity contribution in [2.24, 2.45) is 5.73 Å². The van der Waals surface area contributed by atoms with Crippen LogP contribution in [0.4, 0.5) is 0 Å². The van der Waals surface area contributed by atoms with Crippen molar-refractivity contribution in [3.8, 4) is 11.8 Å². The third-order valence-corrected chi connectivity index (χ3v) is 5.21. The first-order valence-corrected chi connectivity index (χ1v) is 8.21. The number of thioether (sulfide) groups is 1. The highest BCUT2D eigenvalue weighted by Crippen LogP contribution is 2.39. The Balaban J connectivity index is 2.05. The zero-order valence-electron chi connectivity index (χ0n) is 12.7. The van der Waals surface area contributed by atoms with Gasteiger partial charge in [-0.2, -0.15) is 0 Å². The maximum atomic E-state index is 12.6. The molecule has 0 aliphatic carbocycles. The van der Waals surface area contributed by atoms with Gasteiger partial charge < -0.3 is 10.6 Å². The molecule has 1 aliphatic rings. The molecular weight excluding hydrogens is 280 g/mol. The second-order valence-electron chi connectivity index (χ2n) is 5.55. The number of hydrogen-bond acceptors (Lipinski definition) is 3. The normalized spacial score (nSPS) is 20.7. The Hall–Kier alpha value is -1.44. The Morgan fingerprint density at radius 2 is 2.33 bits per heavy atom. The van der Waals surface area contributed by atoms with Crippen LogP contribution < -0.4 is 5.73 Å². The molecule has 0 spiro atoms. The summed E-state index contributed by atoms with van der Waals surface area (Å²) >= 11 is 1.78. The third kappa shape index (κ3) is 4.03. The molecule has 1 saturated heterocycles. The summed E-state index contributed by atoms with van der Waals surface area (Å²) in [6.45, 7) is 3.04. The van der Waals surface area contributed by atoms with E-state index in [1.54, 1.807) is 11.8 Å². The number of nitrogens with zero attached hydrogens (tertiary/aromatic N) is 1. The monoisotopic (exact) mass is 302 g/mol. The first kappa shape index (κ1) is 15.9. The highest BCUT2D eigenvalue weighted by molar-refractivity contribution is 8.01. The second kappa shape index (κ2) is 7.02. The van der Waals surface area contributed by atoms with Crippen LogP contribution in [0.15, 0.2) is 24.3 Å². The number of benzene rings is 1. The lowest BCUT2D eigenvalue weighted by atomic mass is 10.0. The van der Waals surface area contributed by atoms with Gasteiger partial charge in [-0.1, -0.05) is 24.0 Å². The van der Waals surface area contributed by atoms with Crippen LogP contribution in [0.1, 0.15) is 30.9 Å². The lowest BCUT2D eigenvalue weighted by Crippen LogP contribution is -2.41. The number of carbonyl (C=O) groups is 1. The van der Waals surface area contributed by atoms with Crippen molar-refractivity contribution in [3.05, 3.63) is 35.4 Å². The van der Waals surface area contributed by atoms with Crippen molar-refractivity contribution >= 4 is 17.7 Å². The van der Waals surface area contributed by atoms with Crippen LogP contribution in [0.2, 0.25) is 0 Å². The molecule has 1 fully saturated rings. The van der Waals surface area contributed by atoms with E-state index in [9.17, 15) is 4.79 Å². The molecule has 1 unspecified atom stereocenters. The summed E-state index contributed by atoms with van der Waals surface area (Å²) < 4.78 is -0.244. The number of carbonyl (C=O) groups excluding carboxylic acids is 1.